The van der Waals surface area contributed by atoms with E-state index in [1.165, 1.54) is 0 Å². The van der Waals surface area contributed by atoms with Gasteiger partial charge in [-0.15, -0.1) is 0 Å². The molecule has 1 aliphatic carbocycles. The van der Waals surface area contributed by atoms with Crippen LogP contribution in [0.3, 0.4) is 0 Å². The lowest BCUT2D eigenvalue weighted by atomic mass is 10.1. The van der Waals surface area contributed by atoms with E-state index >= 15 is 0 Å². The molecule has 0 bridgehead atoms. The van der Waals surface area contributed by atoms with Gasteiger partial charge in [-0.3, -0.25) is 0 Å². The molecule has 0 heterocycles. The molecule has 0 radical (unpaired) electrons. The maximum atomic E-state index is 11.1. The van der Waals surface area contributed by atoms with E-state index in [0.29, 0.717) is 5.92 Å². The molecular weight excluding hydrogens is 178 g/mol. The van der Waals surface area contributed by atoms with E-state index in [0.717, 1.165) is 19.1 Å². The fourth-order valence-electron chi connectivity index (χ4n) is 1.33. The van der Waals surface area contributed by atoms with E-state index in [-0.39, 0.29) is 12.6 Å². The van der Waals surface area contributed by atoms with Gasteiger partial charge in [0.25, 0.3) is 0 Å². The first-order chi connectivity index (χ1) is 5.46. The Balaban J connectivity index is 2.67. The lowest BCUT2D eigenvalue weighted by Crippen LogP contribution is -2.44. The quantitative estimate of drug-likeness (QED) is 0.608. The average molecular weight is 193 g/mol. The van der Waals surface area contributed by atoms with Gasteiger partial charge in [0.2, 0.25) is 0 Å². The number of aliphatic hydroxyl groups excluding tert-OH is 1. The molecule has 72 valence electrons. The molecule has 0 unspecified atom stereocenters. The zero-order valence-electron chi connectivity index (χ0n) is 7.10. The van der Waals surface area contributed by atoms with Gasteiger partial charge in [0.1, 0.15) is 0 Å². The largest absolute Gasteiger partial charge is 0.395 e. The second kappa shape index (κ2) is 3.32. The van der Waals surface area contributed by atoms with Crippen molar-refractivity contribution < 1.29 is 13.5 Å². The molecule has 4 nitrogen and oxygen atoms in total. The highest BCUT2D eigenvalue weighted by atomic mass is 32.2. The van der Waals surface area contributed by atoms with Crippen LogP contribution in [0.5, 0.6) is 0 Å². The zero-order chi connectivity index (χ0) is 9.35. The van der Waals surface area contributed by atoms with E-state index < -0.39 is 15.1 Å². The summed E-state index contributed by atoms with van der Waals surface area (Å²) in [5.41, 5.74) is 5.68. The SMILES string of the molecule is CS(=O)(=O)[C@H](CO)[C@@H](N)C1CC1. The number of rotatable bonds is 4. The molecule has 3 N–H and O–H groups in total. The van der Waals surface area contributed by atoms with Crippen LogP contribution in [0.1, 0.15) is 12.8 Å². The maximum absolute atomic E-state index is 11.1. The summed E-state index contributed by atoms with van der Waals surface area (Å²) in [7, 11) is -3.19. The van der Waals surface area contributed by atoms with Crippen molar-refractivity contribution in [3.8, 4) is 0 Å². The van der Waals surface area contributed by atoms with Crippen molar-refractivity contribution in [2.75, 3.05) is 12.9 Å². The molecule has 0 saturated heterocycles. The van der Waals surface area contributed by atoms with E-state index in [1.807, 2.05) is 0 Å². The van der Waals surface area contributed by atoms with Crippen molar-refractivity contribution in [3.63, 3.8) is 0 Å². The molecule has 1 fully saturated rings. The topological polar surface area (TPSA) is 80.4 Å². The van der Waals surface area contributed by atoms with Crippen LogP contribution >= 0.6 is 0 Å². The molecule has 1 rings (SSSR count). The fraction of sp³-hybridized carbons (Fsp3) is 1.00. The molecule has 0 spiro atoms. The molecule has 0 amide bonds. The summed E-state index contributed by atoms with van der Waals surface area (Å²) in [6.07, 6.45) is 3.11. The summed E-state index contributed by atoms with van der Waals surface area (Å²) in [5.74, 6) is 0.303. The molecule has 0 aromatic carbocycles. The van der Waals surface area contributed by atoms with Crippen LogP contribution in [-0.2, 0) is 9.84 Å². The molecule has 5 heteroatoms. The van der Waals surface area contributed by atoms with E-state index in [4.69, 9.17) is 10.8 Å². The van der Waals surface area contributed by atoms with Crippen LogP contribution in [0, 0.1) is 5.92 Å². The minimum absolute atomic E-state index is 0.303. The predicted octanol–water partition coefficient (Wildman–Crippen LogP) is -0.871. The summed E-state index contributed by atoms with van der Waals surface area (Å²) in [5, 5.41) is 8.08. The Morgan fingerprint density at radius 3 is 2.33 bits per heavy atom. The number of hydrogen-bond donors (Lipinski definition) is 2. The predicted molar refractivity (Wildman–Crippen MR) is 46.4 cm³/mol. The third kappa shape index (κ3) is 2.18. The number of aliphatic hydroxyl groups is 1. The Morgan fingerprint density at radius 2 is 2.08 bits per heavy atom. The Labute approximate surface area is 72.7 Å². The molecule has 2 atom stereocenters. The summed E-state index contributed by atoms with van der Waals surface area (Å²) in [6, 6.07) is -0.384. The van der Waals surface area contributed by atoms with Gasteiger partial charge in [0.05, 0.1) is 11.9 Å². The number of sulfone groups is 1. The van der Waals surface area contributed by atoms with Crippen LogP contribution in [0.4, 0.5) is 0 Å². The number of hydrogen-bond acceptors (Lipinski definition) is 4. The van der Waals surface area contributed by atoms with Crippen molar-refractivity contribution in [2.45, 2.75) is 24.1 Å². The minimum Gasteiger partial charge on any atom is -0.395 e. The minimum atomic E-state index is -3.19. The molecule has 0 aromatic rings. The molecule has 1 aliphatic rings. The third-order valence-corrected chi connectivity index (χ3v) is 3.89. The van der Waals surface area contributed by atoms with Crippen molar-refractivity contribution in [1.29, 1.82) is 0 Å². The highest BCUT2D eigenvalue weighted by molar-refractivity contribution is 7.91. The molecule has 12 heavy (non-hydrogen) atoms. The summed E-state index contributed by atoms with van der Waals surface area (Å²) in [4.78, 5) is 0. The Hall–Kier alpha value is -0.130. The summed E-state index contributed by atoms with van der Waals surface area (Å²) in [6.45, 7) is -0.365. The first kappa shape index (κ1) is 9.95. The lowest BCUT2D eigenvalue weighted by Gasteiger charge is -2.19. The monoisotopic (exact) mass is 193 g/mol. The Bertz CT molecular complexity index is 245. The Morgan fingerprint density at radius 1 is 1.58 bits per heavy atom. The van der Waals surface area contributed by atoms with Crippen molar-refractivity contribution >= 4 is 9.84 Å². The van der Waals surface area contributed by atoms with Crippen LogP contribution < -0.4 is 5.73 Å². The average Bonchev–Trinajstić information content (AvgIpc) is 2.65. The smallest absolute Gasteiger partial charge is 0.154 e. The highest BCUT2D eigenvalue weighted by Gasteiger charge is 2.38. The lowest BCUT2D eigenvalue weighted by molar-refractivity contribution is 0.272. The maximum Gasteiger partial charge on any atom is 0.154 e. The first-order valence-electron chi connectivity index (χ1n) is 4.02. The van der Waals surface area contributed by atoms with Crippen molar-refractivity contribution in [2.24, 2.45) is 11.7 Å². The van der Waals surface area contributed by atoms with Crippen molar-refractivity contribution in [1.82, 2.24) is 0 Å². The van der Waals surface area contributed by atoms with Gasteiger partial charge in [-0.05, 0) is 18.8 Å². The molecule has 1 saturated carbocycles. The van der Waals surface area contributed by atoms with Gasteiger partial charge in [-0.2, -0.15) is 0 Å². The second-order valence-electron chi connectivity index (χ2n) is 3.47. The standard InChI is InChI=1S/C7H15NO3S/c1-12(10,11)6(4-9)7(8)5-2-3-5/h5-7,9H,2-4,8H2,1H3/t6-,7+/m1/s1. The third-order valence-electron chi connectivity index (χ3n) is 2.33. The van der Waals surface area contributed by atoms with Gasteiger partial charge in [-0.25, -0.2) is 8.42 Å². The summed E-state index contributed by atoms with van der Waals surface area (Å²) >= 11 is 0. The second-order valence-corrected chi connectivity index (χ2v) is 5.73. The Kier molecular flexibility index (Phi) is 2.75. The van der Waals surface area contributed by atoms with Gasteiger partial charge in [0, 0.05) is 12.3 Å². The van der Waals surface area contributed by atoms with Gasteiger partial charge in [0.15, 0.2) is 9.84 Å². The van der Waals surface area contributed by atoms with E-state index in [9.17, 15) is 8.42 Å². The zero-order valence-corrected chi connectivity index (χ0v) is 7.92. The molecule has 0 aromatic heterocycles. The van der Waals surface area contributed by atoms with Crippen LogP contribution in [-0.4, -0.2) is 37.7 Å². The fourth-order valence-corrected chi connectivity index (χ4v) is 2.39. The van der Waals surface area contributed by atoms with Gasteiger partial charge in [-0.1, -0.05) is 0 Å². The highest BCUT2D eigenvalue weighted by Crippen LogP contribution is 2.34. The van der Waals surface area contributed by atoms with Crippen molar-refractivity contribution in [3.05, 3.63) is 0 Å². The normalized spacial score (nSPS) is 23.6. The van der Waals surface area contributed by atoms with Crippen LogP contribution in [0.2, 0.25) is 0 Å². The van der Waals surface area contributed by atoms with E-state index in [2.05, 4.69) is 0 Å². The summed E-state index contributed by atoms with van der Waals surface area (Å²) < 4.78 is 22.2. The van der Waals surface area contributed by atoms with Gasteiger partial charge >= 0.3 is 0 Å². The van der Waals surface area contributed by atoms with E-state index in [1.54, 1.807) is 0 Å². The molecule has 0 aliphatic heterocycles. The molecular formula is C7H15NO3S. The van der Waals surface area contributed by atoms with Crippen LogP contribution in [0.15, 0.2) is 0 Å². The first-order valence-corrected chi connectivity index (χ1v) is 5.97. The van der Waals surface area contributed by atoms with Crippen LogP contribution in [0.25, 0.3) is 0 Å². The van der Waals surface area contributed by atoms with Gasteiger partial charge < -0.3 is 10.8 Å². The number of nitrogens with two attached hydrogens (primary N) is 1.